The fourth-order valence-corrected chi connectivity index (χ4v) is 3.18. The Morgan fingerprint density at radius 1 is 1.21 bits per heavy atom. The Morgan fingerprint density at radius 2 is 2.00 bits per heavy atom. The van der Waals surface area contributed by atoms with Crippen molar-refractivity contribution in [2.45, 2.75) is 25.3 Å². The quantitative estimate of drug-likeness (QED) is 0.598. The number of halogens is 1. The average Bonchev–Trinajstić information content (AvgIpc) is 3.21. The van der Waals surface area contributed by atoms with Crippen LogP contribution in [0.25, 0.3) is 0 Å². The third kappa shape index (κ3) is 5.53. The molecule has 1 atom stereocenters. The van der Waals surface area contributed by atoms with Crippen LogP contribution in [0.1, 0.15) is 23.5 Å². The minimum absolute atomic E-state index is 0.0251. The van der Waals surface area contributed by atoms with E-state index in [9.17, 15) is 4.79 Å². The molecule has 0 bridgehead atoms. The monoisotopic (exact) mass is 399 g/mol. The number of para-hydroxylation sites is 1. The Bertz CT molecular complexity index is 884. The van der Waals surface area contributed by atoms with Gasteiger partial charge in [-0.1, -0.05) is 41.9 Å². The number of carbonyl (C=O) groups excluding carboxylic acids is 1. The zero-order chi connectivity index (χ0) is 19.8. The van der Waals surface area contributed by atoms with Gasteiger partial charge < -0.3 is 10.1 Å². The van der Waals surface area contributed by atoms with E-state index in [1.807, 2.05) is 48.5 Å². The van der Waals surface area contributed by atoms with Crippen molar-refractivity contribution in [2.75, 3.05) is 13.7 Å². The summed E-state index contributed by atoms with van der Waals surface area (Å²) in [6.45, 7) is 1.05. The minimum atomic E-state index is -0.0629. The molecule has 1 N–H and O–H groups in total. The first kappa shape index (κ1) is 19.8. The molecule has 3 aromatic rings. The lowest BCUT2D eigenvalue weighted by atomic mass is 9.95. The summed E-state index contributed by atoms with van der Waals surface area (Å²) < 4.78 is 6.97. The second kappa shape index (κ2) is 9.85. The Hall–Kier alpha value is -2.93. The summed E-state index contributed by atoms with van der Waals surface area (Å²) in [5.74, 6) is 0.740. The number of rotatable bonds is 9. The number of nitrogens with one attached hydrogen (secondary N) is 1. The number of nitrogens with zero attached hydrogens (tertiary/aromatic N) is 4. The van der Waals surface area contributed by atoms with Crippen LogP contribution in [0.15, 0.2) is 54.9 Å². The Morgan fingerprint density at radius 3 is 2.71 bits per heavy atom. The first-order chi connectivity index (χ1) is 13.7. The van der Waals surface area contributed by atoms with Gasteiger partial charge in [0.2, 0.25) is 5.91 Å². The van der Waals surface area contributed by atoms with Gasteiger partial charge >= 0.3 is 0 Å². The second-order valence-corrected chi connectivity index (χ2v) is 6.83. The molecule has 0 aliphatic heterocycles. The van der Waals surface area contributed by atoms with E-state index in [0.717, 1.165) is 16.9 Å². The summed E-state index contributed by atoms with van der Waals surface area (Å²) in [6.07, 6.45) is 2.57. The van der Waals surface area contributed by atoms with E-state index >= 15 is 0 Å². The van der Waals surface area contributed by atoms with Gasteiger partial charge in [-0.15, -0.1) is 5.10 Å². The van der Waals surface area contributed by atoms with Crippen LogP contribution in [0.4, 0.5) is 0 Å². The first-order valence-electron chi connectivity index (χ1n) is 9.00. The van der Waals surface area contributed by atoms with Gasteiger partial charge in [0.1, 0.15) is 12.1 Å². The molecule has 7 nitrogen and oxygen atoms in total. The Labute approximate surface area is 168 Å². The van der Waals surface area contributed by atoms with Crippen molar-refractivity contribution in [1.29, 1.82) is 0 Å². The van der Waals surface area contributed by atoms with Crippen LogP contribution in [-0.2, 0) is 17.8 Å². The van der Waals surface area contributed by atoms with Gasteiger partial charge in [-0.25, -0.2) is 4.68 Å². The van der Waals surface area contributed by atoms with Gasteiger partial charge in [0.05, 0.1) is 13.7 Å². The summed E-state index contributed by atoms with van der Waals surface area (Å²) in [5, 5.41) is 14.9. The molecule has 1 heterocycles. The van der Waals surface area contributed by atoms with E-state index in [2.05, 4.69) is 20.8 Å². The summed E-state index contributed by atoms with van der Waals surface area (Å²) in [5.41, 5.74) is 2.08. The molecule has 0 fully saturated rings. The highest BCUT2D eigenvalue weighted by Crippen LogP contribution is 2.23. The fraction of sp³-hybridized carbons (Fsp3) is 0.300. The number of hydrogen-bond donors (Lipinski definition) is 1. The number of amides is 1. The molecular weight excluding hydrogens is 378 g/mol. The number of hydrogen-bond acceptors (Lipinski definition) is 5. The van der Waals surface area contributed by atoms with Crippen molar-refractivity contribution in [3.05, 3.63) is 71.0 Å². The lowest BCUT2D eigenvalue weighted by molar-refractivity contribution is -0.121. The molecule has 146 valence electrons. The summed E-state index contributed by atoms with van der Waals surface area (Å²) in [4.78, 5) is 12.5. The van der Waals surface area contributed by atoms with E-state index in [1.165, 1.54) is 0 Å². The molecule has 0 aliphatic rings. The molecule has 0 saturated carbocycles. The maximum Gasteiger partial charge on any atom is 0.220 e. The third-order valence-corrected chi connectivity index (χ3v) is 4.73. The van der Waals surface area contributed by atoms with Gasteiger partial charge in [-0.05, 0) is 46.2 Å². The molecule has 1 aromatic heterocycles. The van der Waals surface area contributed by atoms with Crippen molar-refractivity contribution in [3.63, 3.8) is 0 Å². The smallest absolute Gasteiger partial charge is 0.220 e. The number of methoxy groups -OCH3 is 1. The molecular formula is C20H22ClN5O2. The zero-order valence-electron chi connectivity index (χ0n) is 15.6. The maximum absolute atomic E-state index is 12.5. The number of ether oxygens (including phenoxy) is 1. The average molecular weight is 400 g/mol. The summed E-state index contributed by atoms with van der Waals surface area (Å²) in [7, 11) is 1.65. The van der Waals surface area contributed by atoms with Gasteiger partial charge in [0, 0.05) is 23.9 Å². The normalized spacial score (nSPS) is 11.8. The third-order valence-electron chi connectivity index (χ3n) is 4.48. The second-order valence-electron chi connectivity index (χ2n) is 6.40. The summed E-state index contributed by atoms with van der Waals surface area (Å²) >= 11 is 5.99. The highest BCUT2D eigenvalue weighted by molar-refractivity contribution is 6.30. The van der Waals surface area contributed by atoms with Gasteiger partial charge in [-0.3, -0.25) is 4.79 Å². The van der Waals surface area contributed by atoms with Gasteiger partial charge in [0.15, 0.2) is 0 Å². The number of carbonyl (C=O) groups is 1. The zero-order valence-corrected chi connectivity index (χ0v) is 16.3. The molecule has 28 heavy (non-hydrogen) atoms. The minimum Gasteiger partial charge on any atom is -0.496 e. The van der Waals surface area contributed by atoms with E-state index in [-0.39, 0.29) is 11.8 Å². The number of tetrazole rings is 1. The van der Waals surface area contributed by atoms with E-state index in [0.29, 0.717) is 31.0 Å². The van der Waals surface area contributed by atoms with Crippen LogP contribution in [-0.4, -0.2) is 39.8 Å². The van der Waals surface area contributed by atoms with Crippen LogP contribution < -0.4 is 10.1 Å². The van der Waals surface area contributed by atoms with E-state index < -0.39 is 0 Å². The lowest BCUT2D eigenvalue weighted by Gasteiger charge is -2.17. The molecule has 1 unspecified atom stereocenters. The Balaban J connectivity index is 1.59. The number of benzene rings is 2. The van der Waals surface area contributed by atoms with Crippen LogP contribution >= 0.6 is 11.6 Å². The van der Waals surface area contributed by atoms with Crippen molar-refractivity contribution in [3.8, 4) is 5.75 Å². The Kier molecular flexibility index (Phi) is 6.97. The molecule has 2 aromatic carbocycles. The molecule has 0 radical (unpaired) electrons. The molecule has 0 aliphatic carbocycles. The largest absolute Gasteiger partial charge is 0.496 e. The van der Waals surface area contributed by atoms with Crippen LogP contribution in [0.2, 0.25) is 5.02 Å². The fourth-order valence-electron chi connectivity index (χ4n) is 3.05. The van der Waals surface area contributed by atoms with Crippen molar-refractivity contribution in [1.82, 2.24) is 25.5 Å². The molecule has 0 spiro atoms. The molecule has 8 heteroatoms. The predicted octanol–water partition coefficient (Wildman–Crippen LogP) is 2.87. The van der Waals surface area contributed by atoms with E-state index in [4.69, 9.17) is 16.3 Å². The first-order valence-corrected chi connectivity index (χ1v) is 9.38. The highest BCUT2D eigenvalue weighted by Gasteiger charge is 2.17. The topological polar surface area (TPSA) is 81.9 Å². The maximum atomic E-state index is 12.5. The van der Waals surface area contributed by atoms with Crippen molar-refractivity contribution < 1.29 is 9.53 Å². The predicted molar refractivity (Wildman–Crippen MR) is 106 cm³/mol. The van der Waals surface area contributed by atoms with Crippen LogP contribution in [0, 0.1) is 0 Å². The lowest BCUT2D eigenvalue weighted by Crippen LogP contribution is -2.28. The molecule has 0 saturated heterocycles. The van der Waals surface area contributed by atoms with Crippen molar-refractivity contribution >= 4 is 17.5 Å². The van der Waals surface area contributed by atoms with Crippen LogP contribution in [0.3, 0.4) is 0 Å². The SMILES string of the molecule is COc1ccccc1CCNC(=O)CC(Cn1cnnn1)c1ccc(Cl)cc1. The van der Waals surface area contributed by atoms with Gasteiger partial charge in [0.25, 0.3) is 0 Å². The highest BCUT2D eigenvalue weighted by atomic mass is 35.5. The number of aromatic nitrogens is 4. The molecule has 1 amide bonds. The van der Waals surface area contributed by atoms with Gasteiger partial charge in [-0.2, -0.15) is 0 Å². The van der Waals surface area contributed by atoms with E-state index in [1.54, 1.807) is 18.1 Å². The van der Waals surface area contributed by atoms with Crippen molar-refractivity contribution in [2.24, 2.45) is 0 Å². The van der Waals surface area contributed by atoms with Crippen LogP contribution in [0.5, 0.6) is 5.75 Å². The standard InChI is InChI=1S/C20H22ClN5O2/c1-28-19-5-3-2-4-16(19)10-11-22-20(27)12-17(13-26-14-23-24-25-26)15-6-8-18(21)9-7-15/h2-9,14,17H,10-13H2,1H3,(H,22,27). The molecule has 3 rings (SSSR count). The summed E-state index contributed by atoms with van der Waals surface area (Å²) in [6, 6.07) is 15.3.